The summed E-state index contributed by atoms with van der Waals surface area (Å²) in [5.74, 6) is 6.91. The normalized spacial score (nSPS) is 18.0. The first kappa shape index (κ1) is 18.8. The van der Waals surface area contributed by atoms with Crippen molar-refractivity contribution in [2.45, 2.75) is 52.7 Å². The molecular formula is C23H26N2O3. The van der Waals surface area contributed by atoms with E-state index in [1.807, 2.05) is 12.1 Å². The van der Waals surface area contributed by atoms with Crippen LogP contribution in [0.1, 0.15) is 44.7 Å². The summed E-state index contributed by atoms with van der Waals surface area (Å²) in [4.78, 5) is 16.6. The topological polar surface area (TPSA) is 53.4 Å². The van der Waals surface area contributed by atoms with E-state index in [4.69, 9.17) is 9.47 Å². The quantitative estimate of drug-likeness (QED) is 0.768. The Labute approximate surface area is 165 Å². The van der Waals surface area contributed by atoms with E-state index in [1.165, 1.54) is 5.56 Å². The molecule has 0 aliphatic carbocycles. The van der Waals surface area contributed by atoms with Crippen LogP contribution < -0.4 is 10.4 Å². The number of benzene rings is 1. The van der Waals surface area contributed by atoms with Crippen molar-refractivity contribution in [3.05, 3.63) is 45.9 Å². The number of nitrogens with zero attached hydrogens (tertiary/aromatic N) is 2. The Bertz CT molecular complexity index is 999. The van der Waals surface area contributed by atoms with Gasteiger partial charge in [-0.3, -0.25) is 4.57 Å². The Morgan fingerprint density at radius 1 is 1.32 bits per heavy atom. The second-order valence-corrected chi connectivity index (χ2v) is 8.48. The third-order valence-corrected chi connectivity index (χ3v) is 5.00. The number of fused-ring (bicyclic) bond motifs is 3. The van der Waals surface area contributed by atoms with E-state index in [0.717, 1.165) is 42.7 Å². The van der Waals surface area contributed by atoms with Crippen LogP contribution >= 0.6 is 0 Å². The molecule has 5 nitrogen and oxygen atoms in total. The summed E-state index contributed by atoms with van der Waals surface area (Å²) in [6, 6.07) is 8.07. The highest BCUT2D eigenvalue weighted by Gasteiger charge is 2.21. The van der Waals surface area contributed by atoms with Crippen molar-refractivity contribution in [1.29, 1.82) is 0 Å². The van der Waals surface area contributed by atoms with Gasteiger partial charge in [-0.15, -0.1) is 0 Å². The molecule has 1 aromatic carbocycles. The van der Waals surface area contributed by atoms with Gasteiger partial charge in [-0.25, -0.2) is 4.79 Å². The summed E-state index contributed by atoms with van der Waals surface area (Å²) in [6.45, 7) is 8.15. The molecule has 0 N–H and O–H groups in total. The van der Waals surface area contributed by atoms with E-state index >= 15 is 0 Å². The van der Waals surface area contributed by atoms with E-state index < -0.39 is 0 Å². The lowest BCUT2D eigenvalue weighted by molar-refractivity contribution is 0.0661. The number of aromatic nitrogens is 2. The van der Waals surface area contributed by atoms with Gasteiger partial charge in [0.1, 0.15) is 6.61 Å². The van der Waals surface area contributed by atoms with E-state index in [2.05, 4.69) is 49.7 Å². The SMILES string of the molecule is CC(C)(C)C#Cc1ccc2c(c1)CCn1c-2cc(OCC2CCCO2)nc1=O. The lowest BCUT2D eigenvalue weighted by atomic mass is 9.94. The predicted octanol–water partition coefficient (Wildman–Crippen LogP) is 3.42. The molecule has 1 aromatic heterocycles. The van der Waals surface area contributed by atoms with E-state index in [-0.39, 0.29) is 17.2 Å². The molecule has 0 bridgehead atoms. The number of hydrogen-bond donors (Lipinski definition) is 0. The number of rotatable bonds is 3. The highest BCUT2D eigenvalue weighted by molar-refractivity contribution is 5.68. The van der Waals surface area contributed by atoms with Gasteiger partial charge in [0.2, 0.25) is 5.88 Å². The molecule has 0 spiro atoms. The van der Waals surface area contributed by atoms with Crippen molar-refractivity contribution in [3.63, 3.8) is 0 Å². The van der Waals surface area contributed by atoms with Crippen molar-refractivity contribution in [2.75, 3.05) is 13.2 Å². The fourth-order valence-electron chi connectivity index (χ4n) is 3.57. The van der Waals surface area contributed by atoms with Crippen LogP contribution in [0.5, 0.6) is 5.88 Å². The number of aryl methyl sites for hydroxylation is 1. The van der Waals surface area contributed by atoms with Gasteiger partial charge in [-0.05, 0) is 57.7 Å². The molecule has 0 saturated carbocycles. The predicted molar refractivity (Wildman–Crippen MR) is 108 cm³/mol. The van der Waals surface area contributed by atoms with Crippen LogP contribution in [0.25, 0.3) is 11.3 Å². The van der Waals surface area contributed by atoms with Crippen LogP contribution in [0.2, 0.25) is 0 Å². The smallest absolute Gasteiger partial charge is 0.351 e. The molecular weight excluding hydrogens is 352 g/mol. The van der Waals surface area contributed by atoms with Crippen LogP contribution in [-0.4, -0.2) is 28.9 Å². The molecule has 0 amide bonds. The van der Waals surface area contributed by atoms with E-state index in [9.17, 15) is 4.79 Å². The number of ether oxygens (including phenoxy) is 2. The maximum absolute atomic E-state index is 12.5. The van der Waals surface area contributed by atoms with Crippen molar-refractivity contribution in [2.24, 2.45) is 5.41 Å². The molecule has 2 aromatic rings. The minimum atomic E-state index is -0.262. The average molecular weight is 378 g/mol. The first-order valence-corrected chi connectivity index (χ1v) is 9.92. The first-order chi connectivity index (χ1) is 13.4. The van der Waals surface area contributed by atoms with Gasteiger partial charge in [0.05, 0.1) is 11.8 Å². The summed E-state index contributed by atoms with van der Waals surface area (Å²) in [6.07, 6.45) is 2.94. The molecule has 1 atom stereocenters. The molecule has 28 heavy (non-hydrogen) atoms. The lowest BCUT2D eigenvalue weighted by Crippen LogP contribution is -2.29. The Kier molecular flexibility index (Phi) is 4.99. The highest BCUT2D eigenvalue weighted by Crippen LogP contribution is 2.30. The summed E-state index contributed by atoms with van der Waals surface area (Å²) < 4.78 is 13.1. The molecule has 146 valence electrons. The molecule has 2 aliphatic heterocycles. The standard InChI is InChI=1S/C23H26N2O3/c1-23(2,3)10-8-16-6-7-19-17(13-16)9-11-25-20(19)14-21(24-22(25)26)28-15-18-5-4-12-27-18/h6-7,13-14,18H,4-5,9,11-12,15H2,1-3H3. The van der Waals surface area contributed by atoms with Crippen LogP contribution in [0.4, 0.5) is 0 Å². The summed E-state index contributed by atoms with van der Waals surface area (Å²) in [5.41, 5.74) is 3.83. The minimum Gasteiger partial charge on any atom is -0.475 e. The molecule has 1 saturated heterocycles. The van der Waals surface area contributed by atoms with Crippen molar-refractivity contribution in [3.8, 4) is 29.0 Å². The number of hydrogen-bond acceptors (Lipinski definition) is 4. The van der Waals surface area contributed by atoms with Crippen LogP contribution in [0.3, 0.4) is 0 Å². The maximum Gasteiger partial charge on any atom is 0.351 e. The fraction of sp³-hybridized carbons (Fsp3) is 0.478. The average Bonchev–Trinajstić information content (AvgIpc) is 3.17. The summed E-state index contributed by atoms with van der Waals surface area (Å²) in [7, 11) is 0. The van der Waals surface area contributed by atoms with Gasteiger partial charge in [-0.2, -0.15) is 4.98 Å². The lowest BCUT2D eigenvalue weighted by Gasteiger charge is -2.22. The zero-order chi connectivity index (χ0) is 19.7. The van der Waals surface area contributed by atoms with Crippen LogP contribution in [0, 0.1) is 17.3 Å². The molecule has 0 radical (unpaired) electrons. The van der Waals surface area contributed by atoms with Gasteiger partial charge >= 0.3 is 5.69 Å². The van der Waals surface area contributed by atoms with Crippen molar-refractivity contribution in [1.82, 2.24) is 9.55 Å². The first-order valence-electron chi connectivity index (χ1n) is 9.92. The Hall–Kier alpha value is -2.58. The van der Waals surface area contributed by atoms with E-state index in [0.29, 0.717) is 19.0 Å². The summed E-state index contributed by atoms with van der Waals surface area (Å²) >= 11 is 0. The van der Waals surface area contributed by atoms with Crippen LogP contribution in [0.15, 0.2) is 29.1 Å². The third kappa shape index (κ3) is 4.13. The highest BCUT2D eigenvalue weighted by atomic mass is 16.5. The Balaban J connectivity index is 1.63. The molecule has 3 heterocycles. The second kappa shape index (κ2) is 7.44. The van der Waals surface area contributed by atoms with Gasteiger partial charge in [0.25, 0.3) is 0 Å². The summed E-state index contributed by atoms with van der Waals surface area (Å²) in [5, 5.41) is 0. The minimum absolute atomic E-state index is 0.0310. The van der Waals surface area contributed by atoms with Crippen molar-refractivity contribution < 1.29 is 9.47 Å². The van der Waals surface area contributed by atoms with Gasteiger partial charge in [-0.1, -0.05) is 17.9 Å². The van der Waals surface area contributed by atoms with Crippen molar-refractivity contribution >= 4 is 0 Å². The largest absolute Gasteiger partial charge is 0.475 e. The molecule has 1 fully saturated rings. The molecule has 5 heteroatoms. The van der Waals surface area contributed by atoms with E-state index in [1.54, 1.807) is 4.57 Å². The maximum atomic E-state index is 12.5. The fourth-order valence-corrected chi connectivity index (χ4v) is 3.57. The monoisotopic (exact) mass is 378 g/mol. The zero-order valence-corrected chi connectivity index (χ0v) is 16.7. The molecule has 1 unspecified atom stereocenters. The van der Waals surface area contributed by atoms with Gasteiger partial charge in [0.15, 0.2) is 0 Å². The second-order valence-electron chi connectivity index (χ2n) is 8.48. The van der Waals surface area contributed by atoms with Crippen LogP contribution in [-0.2, 0) is 17.7 Å². The van der Waals surface area contributed by atoms with Gasteiger partial charge < -0.3 is 9.47 Å². The zero-order valence-electron chi connectivity index (χ0n) is 16.7. The Morgan fingerprint density at radius 3 is 2.93 bits per heavy atom. The molecule has 2 aliphatic rings. The van der Waals surface area contributed by atoms with Gasteiger partial charge in [0, 0.05) is 35.8 Å². The third-order valence-electron chi connectivity index (χ3n) is 5.00. The molecule has 4 rings (SSSR count). The Morgan fingerprint density at radius 2 is 2.18 bits per heavy atom.